The Morgan fingerprint density at radius 2 is 1.81 bits per heavy atom. The monoisotopic (exact) mass is 374 g/mol. The van der Waals surface area contributed by atoms with Gasteiger partial charge in [-0.05, 0) is 46.3 Å². The van der Waals surface area contributed by atoms with Crippen LogP contribution in [0.5, 0.6) is 0 Å². The van der Waals surface area contributed by atoms with E-state index in [1.165, 1.54) is 28.8 Å². The summed E-state index contributed by atoms with van der Waals surface area (Å²) in [5, 5.41) is 0. The summed E-state index contributed by atoms with van der Waals surface area (Å²) in [7, 11) is 0. The number of rotatable bonds is 2. The molecule has 3 aromatic rings. The minimum absolute atomic E-state index is 0.00470. The van der Waals surface area contributed by atoms with Crippen molar-refractivity contribution in [2.24, 2.45) is 0 Å². The van der Waals surface area contributed by atoms with Gasteiger partial charge in [-0.2, -0.15) is 0 Å². The molecule has 0 saturated heterocycles. The maximum absolute atomic E-state index is 14.1. The summed E-state index contributed by atoms with van der Waals surface area (Å²) >= 11 is 8.90. The molecule has 0 spiro atoms. The summed E-state index contributed by atoms with van der Waals surface area (Å²) in [6, 6.07) is 6.51. The van der Waals surface area contributed by atoms with Crippen molar-refractivity contribution in [3.63, 3.8) is 0 Å². The minimum Gasteiger partial charge on any atom is -0.292 e. The molecule has 0 bridgehead atoms. The van der Waals surface area contributed by atoms with Gasteiger partial charge in [0.15, 0.2) is 11.6 Å². The van der Waals surface area contributed by atoms with Crippen LogP contribution in [0.2, 0.25) is 0 Å². The van der Waals surface area contributed by atoms with Crippen LogP contribution in [0.3, 0.4) is 0 Å². The van der Waals surface area contributed by atoms with Gasteiger partial charge in [0.05, 0.1) is 15.9 Å². The van der Waals surface area contributed by atoms with Gasteiger partial charge in [-0.25, -0.2) is 18.2 Å². The molecular weight excluding hydrogens is 369 g/mol. The fourth-order valence-electron chi connectivity index (χ4n) is 2.14. The Hall–Kier alpha value is -1.53. The smallest absolute Gasteiger partial charge is 0.185 e. The third kappa shape index (κ3) is 2.32. The summed E-state index contributed by atoms with van der Waals surface area (Å²) < 4.78 is 42.5. The average Bonchev–Trinajstić information content (AvgIpc) is 2.85. The standard InChI is InChI=1S/C14H7BrClF3N2/c15-8-5-7(1-2-9(8)17)21-12(6-16)20-11-4-3-10(18)13(19)14(11)21/h1-5H,6H2. The highest BCUT2D eigenvalue weighted by molar-refractivity contribution is 9.10. The number of imidazole rings is 1. The number of aromatic nitrogens is 2. The van der Waals surface area contributed by atoms with Crippen molar-refractivity contribution in [1.29, 1.82) is 0 Å². The number of fused-ring (bicyclic) bond motifs is 1. The van der Waals surface area contributed by atoms with Gasteiger partial charge in [0.1, 0.15) is 17.2 Å². The lowest BCUT2D eigenvalue weighted by atomic mass is 10.2. The second kappa shape index (κ2) is 5.35. The SMILES string of the molecule is Fc1ccc(-n2c(CCl)nc3ccc(F)c(F)c32)cc1Br. The molecule has 1 heterocycles. The average molecular weight is 376 g/mol. The maximum atomic E-state index is 14.1. The normalized spacial score (nSPS) is 11.3. The van der Waals surface area contributed by atoms with Crippen molar-refractivity contribution in [3.05, 3.63) is 58.1 Å². The number of hydrogen-bond acceptors (Lipinski definition) is 1. The van der Waals surface area contributed by atoms with Crippen LogP contribution in [-0.4, -0.2) is 9.55 Å². The van der Waals surface area contributed by atoms with Crippen LogP contribution in [-0.2, 0) is 5.88 Å². The molecule has 0 N–H and O–H groups in total. The molecule has 108 valence electrons. The minimum atomic E-state index is -1.02. The first-order chi connectivity index (χ1) is 10.0. The molecule has 21 heavy (non-hydrogen) atoms. The van der Waals surface area contributed by atoms with Gasteiger partial charge in [0, 0.05) is 5.69 Å². The second-order valence-electron chi connectivity index (χ2n) is 4.32. The molecule has 7 heteroatoms. The van der Waals surface area contributed by atoms with Crippen LogP contribution in [0.1, 0.15) is 5.82 Å². The summed E-state index contributed by atoms with van der Waals surface area (Å²) in [4.78, 5) is 4.18. The largest absolute Gasteiger partial charge is 0.292 e. The van der Waals surface area contributed by atoms with Gasteiger partial charge in [0.2, 0.25) is 0 Å². The predicted molar refractivity (Wildman–Crippen MR) is 78.2 cm³/mol. The number of hydrogen-bond donors (Lipinski definition) is 0. The van der Waals surface area contributed by atoms with Gasteiger partial charge in [-0.3, -0.25) is 4.57 Å². The molecule has 0 atom stereocenters. The first-order valence-electron chi connectivity index (χ1n) is 5.89. The molecule has 2 aromatic carbocycles. The number of benzene rings is 2. The summed E-state index contributed by atoms with van der Waals surface area (Å²) in [6.07, 6.45) is 0. The lowest BCUT2D eigenvalue weighted by Gasteiger charge is -2.09. The van der Waals surface area contributed by atoms with Gasteiger partial charge in [-0.1, -0.05) is 0 Å². The van der Waals surface area contributed by atoms with Crippen molar-refractivity contribution in [2.75, 3.05) is 0 Å². The number of alkyl halides is 1. The zero-order valence-electron chi connectivity index (χ0n) is 10.4. The van der Waals surface area contributed by atoms with E-state index in [0.717, 1.165) is 6.07 Å². The van der Waals surface area contributed by atoms with Gasteiger partial charge >= 0.3 is 0 Å². The molecule has 1 aromatic heterocycles. The third-order valence-electron chi connectivity index (χ3n) is 3.06. The van der Waals surface area contributed by atoms with Crippen molar-refractivity contribution in [2.45, 2.75) is 5.88 Å². The van der Waals surface area contributed by atoms with Crippen LogP contribution >= 0.6 is 27.5 Å². The van der Waals surface area contributed by atoms with E-state index in [2.05, 4.69) is 20.9 Å². The van der Waals surface area contributed by atoms with E-state index < -0.39 is 17.5 Å². The molecule has 2 nitrogen and oxygen atoms in total. The Kier molecular flexibility index (Phi) is 3.67. The molecule has 0 aliphatic heterocycles. The van der Waals surface area contributed by atoms with Crippen molar-refractivity contribution in [1.82, 2.24) is 9.55 Å². The van der Waals surface area contributed by atoms with Crippen LogP contribution in [0.15, 0.2) is 34.8 Å². The summed E-state index contributed by atoms with van der Waals surface area (Å²) in [5.41, 5.74) is 0.695. The molecule has 0 unspecified atom stereocenters. The Morgan fingerprint density at radius 3 is 2.48 bits per heavy atom. The summed E-state index contributed by atoms with van der Waals surface area (Å²) in [5.74, 6) is -2.11. The van der Waals surface area contributed by atoms with E-state index in [-0.39, 0.29) is 21.4 Å². The molecule has 0 fully saturated rings. The fraction of sp³-hybridized carbons (Fsp3) is 0.0714. The van der Waals surface area contributed by atoms with Crippen molar-refractivity contribution >= 4 is 38.6 Å². The van der Waals surface area contributed by atoms with Crippen LogP contribution in [0.25, 0.3) is 16.7 Å². The number of halogens is 5. The van der Waals surface area contributed by atoms with E-state index in [1.807, 2.05) is 0 Å². The molecule has 3 rings (SSSR count). The zero-order valence-corrected chi connectivity index (χ0v) is 12.7. The first-order valence-corrected chi connectivity index (χ1v) is 7.22. The van der Waals surface area contributed by atoms with Crippen molar-refractivity contribution < 1.29 is 13.2 Å². The lowest BCUT2D eigenvalue weighted by molar-refractivity contribution is 0.514. The zero-order chi connectivity index (χ0) is 15.1. The highest BCUT2D eigenvalue weighted by Crippen LogP contribution is 2.28. The van der Waals surface area contributed by atoms with Crippen molar-refractivity contribution in [3.8, 4) is 5.69 Å². The van der Waals surface area contributed by atoms with E-state index in [4.69, 9.17) is 11.6 Å². The maximum Gasteiger partial charge on any atom is 0.185 e. The fourth-order valence-corrected chi connectivity index (χ4v) is 2.69. The Bertz CT molecular complexity index is 848. The van der Waals surface area contributed by atoms with Gasteiger partial charge < -0.3 is 0 Å². The van der Waals surface area contributed by atoms with Gasteiger partial charge in [0.25, 0.3) is 0 Å². The Morgan fingerprint density at radius 1 is 1.10 bits per heavy atom. The quantitative estimate of drug-likeness (QED) is 0.580. The summed E-state index contributed by atoms with van der Waals surface area (Å²) in [6.45, 7) is 0. The highest BCUT2D eigenvalue weighted by atomic mass is 79.9. The first kappa shape index (κ1) is 14.4. The van der Waals surface area contributed by atoms with Crippen LogP contribution in [0.4, 0.5) is 13.2 Å². The highest BCUT2D eigenvalue weighted by Gasteiger charge is 2.18. The second-order valence-corrected chi connectivity index (χ2v) is 5.45. The molecule has 0 aliphatic rings. The van der Waals surface area contributed by atoms with Gasteiger partial charge in [-0.15, -0.1) is 11.6 Å². The third-order valence-corrected chi connectivity index (χ3v) is 3.91. The molecule has 0 saturated carbocycles. The van der Waals surface area contributed by atoms with E-state index in [9.17, 15) is 13.2 Å². The Labute approximate surface area is 131 Å². The predicted octanol–water partition coefficient (Wildman–Crippen LogP) is 4.94. The topological polar surface area (TPSA) is 17.8 Å². The van der Waals surface area contributed by atoms with E-state index >= 15 is 0 Å². The van der Waals surface area contributed by atoms with Crippen LogP contribution < -0.4 is 0 Å². The molecule has 0 radical (unpaired) electrons. The molecule has 0 aliphatic carbocycles. The Balaban J connectivity index is 2.39. The lowest BCUT2D eigenvalue weighted by Crippen LogP contribution is -2.01. The molecule has 0 amide bonds. The number of nitrogens with zero attached hydrogens (tertiary/aromatic N) is 2. The van der Waals surface area contributed by atoms with E-state index in [0.29, 0.717) is 11.5 Å². The molecular formula is C14H7BrClF3N2. The van der Waals surface area contributed by atoms with Crippen LogP contribution in [0, 0.1) is 17.5 Å². The van der Waals surface area contributed by atoms with E-state index in [1.54, 1.807) is 0 Å².